The van der Waals surface area contributed by atoms with E-state index < -0.39 is 0 Å². The lowest BCUT2D eigenvalue weighted by molar-refractivity contribution is 0.669. The molecule has 0 atom stereocenters. The number of pyridine rings is 1. The highest BCUT2D eigenvalue weighted by Crippen LogP contribution is 2.40. The van der Waals surface area contributed by atoms with Gasteiger partial charge in [-0.25, -0.2) is 15.0 Å². The lowest BCUT2D eigenvalue weighted by Gasteiger charge is -2.12. The number of benzene rings is 8. The van der Waals surface area contributed by atoms with Gasteiger partial charge >= 0.3 is 0 Å². The number of hydrogen-bond donors (Lipinski definition) is 0. The average molecular weight is 677 g/mol. The molecule has 8 aromatic carbocycles. The van der Waals surface area contributed by atoms with Crippen molar-refractivity contribution in [3.8, 4) is 45.3 Å². The summed E-state index contributed by atoms with van der Waals surface area (Å²) in [4.78, 5) is 19.6. The number of furan rings is 1. The van der Waals surface area contributed by atoms with Crippen LogP contribution < -0.4 is 0 Å². The van der Waals surface area contributed by atoms with Crippen LogP contribution in [0.25, 0.3) is 110 Å². The molecule has 0 unspecified atom stereocenters. The number of rotatable bonds is 4. The molecule has 0 radical (unpaired) electrons. The molecule has 11 aromatic rings. The van der Waals surface area contributed by atoms with Crippen LogP contribution in [0.3, 0.4) is 0 Å². The van der Waals surface area contributed by atoms with Crippen molar-refractivity contribution in [1.82, 2.24) is 19.9 Å². The molecule has 0 saturated heterocycles. The first-order valence-corrected chi connectivity index (χ1v) is 17.7. The molecular weight excluding hydrogens is 649 g/mol. The van der Waals surface area contributed by atoms with Crippen LogP contribution in [0.4, 0.5) is 0 Å². The maximum Gasteiger partial charge on any atom is 0.164 e. The molecule has 0 N–H and O–H groups in total. The van der Waals surface area contributed by atoms with Gasteiger partial charge in [0.15, 0.2) is 17.5 Å². The topological polar surface area (TPSA) is 64.7 Å². The Kier molecular flexibility index (Phi) is 6.48. The maximum atomic E-state index is 6.23. The molecule has 0 aliphatic rings. The first-order chi connectivity index (χ1) is 26.2. The number of hydrogen-bond acceptors (Lipinski definition) is 5. The monoisotopic (exact) mass is 676 g/mol. The molecule has 0 aliphatic carbocycles. The fraction of sp³-hybridized carbons (Fsp3) is 0. The summed E-state index contributed by atoms with van der Waals surface area (Å²) in [6, 6.07) is 54.9. The predicted molar refractivity (Wildman–Crippen MR) is 217 cm³/mol. The highest BCUT2D eigenvalue weighted by atomic mass is 16.3. The quantitative estimate of drug-likeness (QED) is 0.174. The van der Waals surface area contributed by atoms with E-state index >= 15 is 0 Å². The third kappa shape index (κ3) is 4.79. The molecule has 3 aromatic heterocycles. The Labute approximate surface area is 303 Å². The minimum absolute atomic E-state index is 0.626. The zero-order chi connectivity index (χ0) is 34.9. The van der Waals surface area contributed by atoms with Crippen LogP contribution in [-0.2, 0) is 0 Å². The van der Waals surface area contributed by atoms with Crippen molar-refractivity contribution < 1.29 is 4.42 Å². The molecule has 3 heterocycles. The van der Waals surface area contributed by atoms with Gasteiger partial charge in [-0.2, -0.15) is 0 Å². The molecule has 5 heteroatoms. The van der Waals surface area contributed by atoms with E-state index in [4.69, 9.17) is 19.4 Å². The van der Waals surface area contributed by atoms with Crippen molar-refractivity contribution in [2.45, 2.75) is 0 Å². The minimum atomic E-state index is 0.626. The first kappa shape index (κ1) is 29.5. The number of aromatic nitrogens is 4. The Morgan fingerprint density at radius 2 is 0.981 bits per heavy atom. The number of fused-ring (bicyclic) bond motifs is 9. The van der Waals surface area contributed by atoms with Gasteiger partial charge in [0, 0.05) is 45.2 Å². The van der Waals surface area contributed by atoms with Gasteiger partial charge in [-0.15, -0.1) is 0 Å². The molecule has 246 valence electrons. The third-order valence-electron chi connectivity index (χ3n) is 10.4. The van der Waals surface area contributed by atoms with E-state index in [1.165, 1.54) is 21.5 Å². The summed E-state index contributed by atoms with van der Waals surface area (Å²) in [6.07, 6.45) is 3.79. The van der Waals surface area contributed by atoms with Crippen LogP contribution in [0.1, 0.15) is 0 Å². The van der Waals surface area contributed by atoms with Crippen LogP contribution in [-0.4, -0.2) is 19.9 Å². The lowest BCUT2D eigenvalue weighted by Crippen LogP contribution is -2.00. The van der Waals surface area contributed by atoms with E-state index in [2.05, 4.69) is 114 Å². The number of nitrogens with zero attached hydrogens (tertiary/aromatic N) is 4. The van der Waals surface area contributed by atoms with E-state index in [0.717, 1.165) is 71.3 Å². The molecule has 0 aliphatic heterocycles. The summed E-state index contributed by atoms with van der Waals surface area (Å²) in [5.41, 5.74) is 6.87. The van der Waals surface area contributed by atoms with Crippen LogP contribution in [0.5, 0.6) is 0 Å². The molecular formula is C48H28N4O. The van der Waals surface area contributed by atoms with E-state index in [1.807, 2.05) is 60.9 Å². The van der Waals surface area contributed by atoms with Gasteiger partial charge in [0.25, 0.3) is 0 Å². The normalized spacial score (nSPS) is 11.8. The summed E-state index contributed by atoms with van der Waals surface area (Å²) in [7, 11) is 0. The van der Waals surface area contributed by atoms with E-state index in [9.17, 15) is 0 Å². The summed E-state index contributed by atoms with van der Waals surface area (Å²) in [5.74, 6) is 1.89. The average Bonchev–Trinajstić information content (AvgIpc) is 3.62. The fourth-order valence-corrected chi connectivity index (χ4v) is 7.88. The van der Waals surface area contributed by atoms with Gasteiger partial charge < -0.3 is 4.42 Å². The second-order valence-corrected chi connectivity index (χ2v) is 13.5. The Bertz CT molecular complexity index is 3240. The van der Waals surface area contributed by atoms with Gasteiger partial charge in [0.1, 0.15) is 11.2 Å². The van der Waals surface area contributed by atoms with Gasteiger partial charge in [0.05, 0.1) is 0 Å². The van der Waals surface area contributed by atoms with Gasteiger partial charge in [-0.1, -0.05) is 127 Å². The second-order valence-electron chi connectivity index (χ2n) is 13.5. The summed E-state index contributed by atoms with van der Waals surface area (Å²) in [5, 5.41) is 11.6. The zero-order valence-corrected chi connectivity index (χ0v) is 28.4. The second kappa shape index (κ2) is 11.7. The van der Waals surface area contributed by atoms with Crippen LogP contribution in [0.2, 0.25) is 0 Å². The minimum Gasteiger partial charge on any atom is -0.456 e. The first-order valence-electron chi connectivity index (χ1n) is 17.7. The van der Waals surface area contributed by atoms with Gasteiger partial charge in [-0.05, 0) is 79.2 Å². The Morgan fingerprint density at radius 1 is 0.358 bits per heavy atom. The molecule has 0 bridgehead atoms. The highest BCUT2D eigenvalue weighted by Gasteiger charge is 2.17. The largest absolute Gasteiger partial charge is 0.456 e. The van der Waals surface area contributed by atoms with E-state index in [-0.39, 0.29) is 0 Å². The van der Waals surface area contributed by atoms with Crippen molar-refractivity contribution in [3.05, 3.63) is 170 Å². The Hall–Kier alpha value is -7.24. The SMILES string of the molecule is c1ccc(-c2nc(-c3ccc4c(-c5cccc6oc7ccccc7c56)cccc4c3)nc(-c3ccc4c(ccc5ccc6cnccc6c54)c3)n2)cc1. The lowest BCUT2D eigenvalue weighted by atomic mass is 9.94. The molecule has 53 heavy (non-hydrogen) atoms. The summed E-state index contributed by atoms with van der Waals surface area (Å²) in [6.45, 7) is 0. The third-order valence-corrected chi connectivity index (χ3v) is 10.4. The molecule has 11 rings (SSSR count). The molecule has 0 fully saturated rings. The zero-order valence-electron chi connectivity index (χ0n) is 28.4. The highest BCUT2D eigenvalue weighted by molar-refractivity contribution is 6.20. The Morgan fingerprint density at radius 3 is 1.81 bits per heavy atom. The summed E-state index contributed by atoms with van der Waals surface area (Å²) < 4.78 is 6.23. The maximum absolute atomic E-state index is 6.23. The van der Waals surface area contributed by atoms with Crippen molar-refractivity contribution in [2.75, 3.05) is 0 Å². The summed E-state index contributed by atoms with van der Waals surface area (Å²) >= 11 is 0. The molecule has 0 spiro atoms. The van der Waals surface area contributed by atoms with Crippen molar-refractivity contribution in [3.63, 3.8) is 0 Å². The molecule has 5 nitrogen and oxygen atoms in total. The van der Waals surface area contributed by atoms with E-state index in [1.54, 1.807) is 0 Å². The van der Waals surface area contributed by atoms with Gasteiger partial charge in [-0.3, -0.25) is 4.98 Å². The van der Waals surface area contributed by atoms with Crippen LogP contribution in [0, 0.1) is 0 Å². The van der Waals surface area contributed by atoms with E-state index in [0.29, 0.717) is 17.5 Å². The standard InChI is InChI=1S/C48H28N4O/c1-2-8-30(9-3-1)46-50-47(52-48(51-46)34-21-23-37-32(27-34)18-16-29-17-19-35-28-49-25-24-38(35)44(29)37)33-20-22-36-31(26-33)10-6-12-39(36)40-13-7-15-43-45(40)41-11-4-5-14-42(41)53-43/h1-28H. The Balaban J connectivity index is 1.07. The van der Waals surface area contributed by atoms with Crippen LogP contribution >= 0.6 is 0 Å². The molecule has 0 saturated carbocycles. The predicted octanol–water partition coefficient (Wildman–Crippen LogP) is 12.4. The van der Waals surface area contributed by atoms with Gasteiger partial charge in [0.2, 0.25) is 0 Å². The molecule has 0 amide bonds. The van der Waals surface area contributed by atoms with Crippen molar-refractivity contribution >= 4 is 65.0 Å². The fourth-order valence-electron chi connectivity index (χ4n) is 7.88. The van der Waals surface area contributed by atoms with Crippen molar-refractivity contribution in [2.24, 2.45) is 0 Å². The van der Waals surface area contributed by atoms with Crippen molar-refractivity contribution in [1.29, 1.82) is 0 Å². The van der Waals surface area contributed by atoms with Crippen LogP contribution in [0.15, 0.2) is 175 Å². The number of para-hydroxylation sites is 1. The smallest absolute Gasteiger partial charge is 0.164 e.